The molecule has 3 N–H and O–H groups in total. The largest absolute Gasteiger partial charge is 0.356 e. The van der Waals surface area contributed by atoms with Crippen molar-refractivity contribution in [1.29, 1.82) is 0 Å². The van der Waals surface area contributed by atoms with Crippen molar-refractivity contribution >= 4 is 28.9 Å². The Morgan fingerprint density at radius 1 is 1.19 bits per heavy atom. The van der Waals surface area contributed by atoms with Crippen LogP contribution in [0.4, 0.5) is 5.69 Å². The number of hydrogen-bond acceptors (Lipinski definition) is 3. The van der Waals surface area contributed by atoms with Crippen LogP contribution < -0.4 is 16.0 Å². The van der Waals surface area contributed by atoms with E-state index in [1.54, 1.807) is 18.4 Å². The zero-order valence-electron chi connectivity index (χ0n) is 16.6. The van der Waals surface area contributed by atoms with Crippen LogP contribution in [0.1, 0.15) is 43.6 Å². The Labute approximate surface area is 166 Å². The highest BCUT2D eigenvalue weighted by Crippen LogP contribution is 2.19. The SMILES string of the molecule is CCC(C)C(=O)Nc1cccc(CNC(=NC)NCC(C)c2cccs2)c1. The van der Waals surface area contributed by atoms with E-state index < -0.39 is 0 Å². The molecule has 0 fully saturated rings. The molecule has 0 aliphatic heterocycles. The van der Waals surface area contributed by atoms with Gasteiger partial charge in [-0.1, -0.05) is 39.0 Å². The van der Waals surface area contributed by atoms with E-state index in [0.717, 1.165) is 30.2 Å². The fourth-order valence-electron chi connectivity index (χ4n) is 2.54. The molecule has 0 aliphatic rings. The number of anilines is 1. The van der Waals surface area contributed by atoms with E-state index in [4.69, 9.17) is 0 Å². The average Bonchev–Trinajstić information content (AvgIpc) is 3.22. The van der Waals surface area contributed by atoms with Crippen molar-refractivity contribution in [3.05, 3.63) is 52.2 Å². The quantitative estimate of drug-likeness (QED) is 0.470. The number of benzene rings is 1. The van der Waals surface area contributed by atoms with Gasteiger partial charge in [0.15, 0.2) is 5.96 Å². The normalized spacial score (nSPS) is 13.7. The number of carbonyl (C=O) groups is 1. The maximum Gasteiger partial charge on any atom is 0.227 e. The van der Waals surface area contributed by atoms with E-state index in [1.807, 2.05) is 38.1 Å². The van der Waals surface area contributed by atoms with Gasteiger partial charge in [0.1, 0.15) is 0 Å². The first-order chi connectivity index (χ1) is 13.0. The summed E-state index contributed by atoms with van der Waals surface area (Å²) in [6.07, 6.45) is 0.832. The Kier molecular flexibility index (Phi) is 8.33. The van der Waals surface area contributed by atoms with Gasteiger partial charge in [-0.05, 0) is 35.6 Å². The molecule has 0 spiro atoms. The number of hydrogen-bond donors (Lipinski definition) is 3. The van der Waals surface area contributed by atoms with Gasteiger partial charge in [0.2, 0.25) is 5.91 Å². The second kappa shape index (κ2) is 10.7. The number of amides is 1. The second-order valence-corrected chi connectivity index (χ2v) is 7.70. The van der Waals surface area contributed by atoms with Crippen LogP contribution in [0.2, 0.25) is 0 Å². The summed E-state index contributed by atoms with van der Waals surface area (Å²) in [5, 5.41) is 11.8. The van der Waals surface area contributed by atoms with Gasteiger partial charge in [-0.2, -0.15) is 0 Å². The van der Waals surface area contributed by atoms with E-state index in [-0.39, 0.29) is 11.8 Å². The Morgan fingerprint density at radius 2 is 2.00 bits per heavy atom. The van der Waals surface area contributed by atoms with Crippen molar-refractivity contribution in [1.82, 2.24) is 10.6 Å². The number of guanidine groups is 1. The fourth-order valence-corrected chi connectivity index (χ4v) is 3.33. The van der Waals surface area contributed by atoms with Crippen LogP contribution in [0.15, 0.2) is 46.8 Å². The van der Waals surface area contributed by atoms with E-state index in [0.29, 0.717) is 12.5 Å². The summed E-state index contributed by atoms with van der Waals surface area (Å²) in [6, 6.07) is 12.1. The molecule has 0 saturated heterocycles. The van der Waals surface area contributed by atoms with E-state index in [2.05, 4.69) is 45.4 Å². The molecule has 1 heterocycles. The highest BCUT2D eigenvalue weighted by atomic mass is 32.1. The summed E-state index contributed by atoms with van der Waals surface area (Å²) in [7, 11) is 1.77. The number of thiophene rings is 1. The predicted octanol–water partition coefficient (Wildman–Crippen LogP) is 4.20. The lowest BCUT2D eigenvalue weighted by molar-refractivity contribution is -0.119. The minimum absolute atomic E-state index is 0.0140. The highest BCUT2D eigenvalue weighted by Gasteiger charge is 2.11. The second-order valence-electron chi connectivity index (χ2n) is 6.72. The number of nitrogens with zero attached hydrogens (tertiary/aromatic N) is 1. The molecule has 0 bridgehead atoms. The summed E-state index contributed by atoms with van der Waals surface area (Å²) in [5.41, 5.74) is 1.92. The molecule has 2 aromatic rings. The molecule has 27 heavy (non-hydrogen) atoms. The van der Waals surface area contributed by atoms with Crippen molar-refractivity contribution in [3.63, 3.8) is 0 Å². The molecule has 1 aromatic heterocycles. The summed E-state index contributed by atoms with van der Waals surface area (Å²) in [5.74, 6) is 1.28. The van der Waals surface area contributed by atoms with Gasteiger partial charge in [-0.3, -0.25) is 9.79 Å². The lowest BCUT2D eigenvalue weighted by Crippen LogP contribution is -2.38. The number of aliphatic imine (C=N–C) groups is 1. The van der Waals surface area contributed by atoms with Crippen molar-refractivity contribution in [2.75, 3.05) is 18.9 Å². The van der Waals surface area contributed by atoms with Crippen LogP contribution >= 0.6 is 11.3 Å². The molecule has 2 rings (SSSR count). The molecular weight excluding hydrogens is 356 g/mol. The van der Waals surface area contributed by atoms with Gasteiger partial charge in [-0.15, -0.1) is 11.3 Å². The molecule has 6 heteroatoms. The van der Waals surface area contributed by atoms with Gasteiger partial charge in [0.25, 0.3) is 0 Å². The van der Waals surface area contributed by atoms with Crippen LogP contribution in [-0.4, -0.2) is 25.5 Å². The molecule has 2 unspecified atom stereocenters. The smallest absolute Gasteiger partial charge is 0.227 e. The molecule has 0 radical (unpaired) electrons. The molecule has 2 atom stereocenters. The Balaban J connectivity index is 1.85. The predicted molar refractivity (Wildman–Crippen MR) is 115 cm³/mol. The van der Waals surface area contributed by atoms with Gasteiger partial charge in [-0.25, -0.2) is 0 Å². The highest BCUT2D eigenvalue weighted by molar-refractivity contribution is 7.10. The Hall–Kier alpha value is -2.34. The van der Waals surface area contributed by atoms with Crippen molar-refractivity contribution in [2.24, 2.45) is 10.9 Å². The molecule has 1 aromatic carbocycles. The molecule has 146 valence electrons. The number of carbonyl (C=O) groups excluding carboxylic acids is 1. The first-order valence-corrected chi connectivity index (χ1v) is 10.3. The van der Waals surface area contributed by atoms with E-state index in [9.17, 15) is 4.79 Å². The Morgan fingerprint density at radius 3 is 2.67 bits per heavy atom. The summed E-state index contributed by atoms with van der Waals surface area (Å²) in [6.45, 7) is 7.62. The summed E-state index contributed by atoms with van der Waals surface area (Å²) >= 11 is 1.78. The molecule has 0 saturated carbocycles. The fraction of sp³-hybridized carbons (Fsp3) is 0.429. The third-order valence-electron chi connectivity index (χ3n) is 4.54. The van der Waals surface area contributed by atoms with Crippen LogP contribution in [0, 0.1) is 5.92 Å². The maximum atomic E-state index is 12.1. The monoisotopic (exact) mass is 386 g/mol. The molecular formula is C21H30N4OS. The van der Waals surface area contributed by atoms with Gasteiger partial charge in [0, 0.05) is 42.5 Å². The Bertz CT molecular complexity index is 742. The van der Waals surface area contributed by atoms with Gasteiger partial charge >= 0.3 is 0 Å². The van der Waals surface area contributed by atoms with E-state index >= 15 is 0 Å². The molecule has 5 nitrogen and oxygen atoms in total. The topological polar surface area (TPSA) is 65.5 Å². The minimum Gasteiger partial charge on any atom is -0.356 e. The number of rotatable bonds is 8. The molecule has 0 aliphatic carbocycles. The summed E-state index contributed by atoms with van der Waals surface area (Å²) in [4.78, 5) is 17.7. The lowest BCUT2D eigenvalue weighted by atomic mass is 10.1. The van der Waals surface area contributed by atoms with Gasteiger partial charge < -0.3 is 16.0 Å². The van der Waals surface area contributed by atoms with Crippen LogP contribution in [0.25, 0.3) is 0 Å². The maximum absolute atomic E-state index is 12.1. The minimum atomic E-state index is 0.0140. The van der Waals surface area contributed by atoms with Gasteiger partial charge in [0.05, 0.1) is 0 Å². The van der Waals surface area contributed by atoms with Crippen LogP contribution in [0.5, 0.6) is 0 Å². The lowest BCUT2D eigenvalue weighted by Gasteiger charge is -2.16. The summed E-state index contributed by atoms with van der Waals surface area (Å²) < 4.78 is 0. The van der Waals surface area contributed by atoms with Crippen molar-refractivity contribution < 1.29 is 4.79 Å². The third kappa shape index (κ3) is 6.71. The molecule has 1 amide bonds. The van der Waals surface area contributed by atoms with Crippen LogP contribution in [-0.2, 0) is 11.3 Å². The zero-order valence-corrected chi connectivity index (χ0v) is 17.4. The van der Waals surface area contributed by atoms with Crippen molar-refractivity contribution in [2.45, 2.75) is 39.7 Å². The van der Waals surface area contributed by atoms with E-state index in [1.165, 1.54) is 4.88 Å². The first kappa shape index (κ1) is 21.0. The standard InChI is InChI=1S/C21H30N4OS/c1-5-15(2)20(26)25-18-9-6-8-17(12-18)14-24-21(22-4)23-13-16(3)19-10-7-11-27-19/h6-12,15-16H,5,13-14H2,1-4H3,(H,25,26)(H2,22,23,24). The first-order valence-electron chi connectivity index (χ1n) is 9.41. The third-order valence-corrected chi connectivity index (χ3v) is 5.65. The van der Waals surface area contributed by atoms with Crippen LogP contribution in [0.3, 0.4) is 0 Å². The van der Waals surface area contributed by atoms with Crippen molar-refractivity contribution in [3.8, 4) is 0 Å². The average molecular weight is 387 g/mol. The number of nitrogens with one attached hydrogen (secondary N) is 3. The zero-order chi connectivity index (χ0) is 19.6.